The van der Waals surface area contributed by atoms with E-state index in [1.807, 2.05) is 0 Å². The lowest BCUT2D eigenvalue weighted by Gasteiger charge is -1.78. The van der Waals surface area contributed by atoms with Gasteiger partial charge in [-0.2, -0.15) is 0 Å². The van der Waals surface area contributed by atoms with E-state index in [1.165, 1.54) is 6.08 Å². The fraction of sp³-hybridized carbons (Fsp3) is 0.200. The Kier molecular flexibility index (Phi) is 3.02. The Morgan fingerprint density at radius 2 is 2.43 bits per heavy atom. The van der Waals surface area contributed by atoms with Gasteiger partial charge in [0.05, 0.1) is 0 Å². The summed E-state index contributed by atoms with van der Waals surface area (Å²) in [6.07, 6.45) is 2.36. The lowest BCUT2D eigenvalue weighted by Crippen LogP contribution is -1.60. The molecule has 0 aromatic carbocycles. The molecule has 0 aromatic heterocycles. The number of hydrogen-bond donors (Lipinski definition) is 0. The van der Waals surface area contributed by atoms with E-state index < -0.39 is 0 Å². The van der Waals surface area contributed by atoms with Gasteiger partial charge in [0.1, 0.15) is 6.26 Å². The van der Waals surface area contributed by atoms with Crippen molar-refractivity contribution in [1.29, 1.82) is 0 Å². The standard InChI is InChI=1S/C5H7FO/c1-5(2)3-4-7-6/h3-4H,1H2,2H3. The summed E-state index contributed by atoms with van der Waals surface area (Å²) in [6, 6.07) is 0. The molecule has 0 aromatic rings. The van der Waals surface area contributed by atoms with E-state index in [1.54, 1.807) is 6.92 Å². The molecule has 0 atom stereocenters. The third-order valence-electron chi connectivity index (χ3n) is 0.404. The van der Waals surface area contributed by atoms with Crippen LogP contribution < -0.4 is 0 Å². The van der Waals surface area contributed by atoms with Crippen molar-refractivity contribution >= 4 is 0 Å². The second kappa shape index (κ2) is 3.40. The highest BCUT2D eigenvalue weighted by atomic mass is 19.3. The van der Waals surface area contributed by atoms with Crippen LogP contribution in [-0.4, -0.2) is 0 Å². The maximum Gasteiger partial charge on any atom is 0.136 e. The number of hydrogen-bond acceptors (Lipinski definition) is 1. The normalized spacial score (nSPS) is 9.43. The molecule has 0 saturated heterocycles. The SMILES string of the molecule is C=C(C)C=COF. The minimum atomic E-state index is 0.762. The first-order valence-electron chi connectivity index (χ1n) is 1.87. The molecule has 0 saturated carbocycles. The van der Waals surface area contributed by atoms with E-state index in [4.69, 9.17) is 0 Å². The van der Waals surface area contributed by atoms with Gasteiger partial charge in [0, 0.05) is 4.53 Å². The summed E-state index contributed by atoms with van der Waals surface area (Å²) in [5.74, 6) is 0. The molecule has 40 valence electrons. The van der Waals surface area contributed by atoms with Gasteiger partial charge in [0.15, 0.2) is 0 Å². The lowest BCUT2D eigenvalue weighted by molar-refractivity contribution is -0.0617. The van der Waals surface area contributed by atoms with Crippen molar-refractivity contribution in [2.45, 2.75) is 6.92 Å². The van der Waals surface area contributed by atoms with Gasteiger partial charge in [-0.3, -0.25) is 0 Å². The first kappa shape index (κ1) is 6.21. The summed E-state index contributed by atoms with van der Waals surface area (Å²) >= 11 is 0. The van der Waals surface area contributed by atoms with Gasteiger partial charge in [0.2, 0.25) is 0 Å². The summed E-state index contributed by atoms with van der Waals surface area (Å²) in [7, 11) is 0. The fourth-order valence-corrected chi connectivity index (χ4v) is 0.142. The highest BCUT2D eigenvalue weighted by Crippen LogP contribution is 1.88. The fourth-order valence-electron chi connectivity index (χ4n) is 0.142. The minimum Gasteiger partial charge on any atom is -0.302 e. The van der Waals surface area contributed by atoms with Crippen LogP contribution >= 0.6 is 0 Å². The summed E-state index contributed by atoms with van der Waals surface area (Å²) < 4.78 is 10.7. The molecule has 0 radical (unpaired) electrons. The van der Waals surface area contributed by atoms with E-state index in [2.05, 4.69) is 11.5 Å². The second-order valence-electron chi connectivity index (χ2n) is 1.24. The Balaban J connectivity index is 3.26. The van der Waals surface area contributed by atoms with Crippen LogP contribution in [0.3, 0.4) is 0 Å². The first-order valence-corrected chi connectivity index (χ1v) is 1.87. The van der Waals surface area contributed by atoms with Gasteiger partial charge in [0.25, 0.3) is 0 Å². The zero-order valence-corrected chi connectivity index (χ0v) is 4.15. The van der Waals surface area contributed by atoms with Crippen molar-refractivity contribution in [3.8, 4) is 0 Å². The van der Waals surface area contributed by atoms with Gasteiger partial charge in [-0.05, 0) is 13.0 Å². The van der Waals surface area contributed by atoms with Crippen molar-refractivity contribution in [2.24, 2.45) is 0 Å². The molecule has 0 spiro atoms. The minimum absolute atomic E-state index is 0.762. The monoisotopic (exact) mass is 102 g/mol. The predicted octanol–water partition coefficient (Wildman–Crippen LogP) is 1.98. The largest absolute Gasteiger partial charge is 0.302 e. The second-order valence-corrected chi connectivity index (χ2v) is 1.24. The maximum atomic E-state index is 10.7. The first-order chi connectivity index (χ1) is 3.27. The topological polar surface area (TPSA) is 9.23 Å². The van der Waals surface area contributed by atoms with Gasteiger partial charge in [-0.15, -0.1) is 0 Å². The van der Waals surface area contributed by atoms with Crippen molar-refractivity contribution in [1.82, 2.24) is 0 Å². The van der Waals surface area contributed by atoms with Crippen LogP contribution in [0.4, 0.5) is 4.53 Å². The van der Waals surface area contributed by atoms with Crippen molar-refractivity contribution < 1.29 is 9.47 Å². The Hall–Kier alpha value is -0.790. The molecule has 7 heavy (non-hydrogen) atoms. The van der Waals surface area contributed by atoms with E-state index in [9.17, 15) is 4.53 Å². The predicted molar refractivity (Wildman–Crippen MR) is 26.1 cm³/mol. The molecule has 0 heterocycles. The van der Waals surface area contributed by atoms with Crippen LogP contribution in [0.2, 0.25) is 0 Å². The number of allylic oxidation sites excluding steroid dienone is 2. The Labute approximate surface area is 42.0 Å². The molecule has 0 rings (SSSR count). The third-order valence-corrected chi connectivity index (χ3v) is 0.404. The quantitative estimate of drug-likeness (QED) is 0.382. The average molecular weight is 102 g/mol. The highest BCUT2D eigenvalue weighted by Gasteiger charge is 1.70. The molecule has 0 bridgehead atoms. The smallest absolute Gasteiger partial charge is 0.136 e. The average Bonchev–Trinajstić information content (AvgIpc) is 1.61. The zero-order chi connectivity index (χ0) is 5.70. The van der Waals surface area contributed by atoms with E-state index in [0.29, 0.717) is 0 Å². The lowest BCUT2D eigenvalue weighted by atomic mass is 10.4. The molecule has 2 heteroatoms. The molecule has 1 nitrogen and oxygen atoms in total. The maximum absolute atomic E-state index is 10.7. The molecule has 0 aliphatic rings. The van der Waals surface area contributed by atoms with Gasteiger partial charge in [-0.25, -0.2) is 0 Å². The van der Waals surface area contributed by atoms with E-state index in [-0.39, 0.29) is 0 Å². The summed E-state index contributed by atoms with van der Waals surface area (Å²) in [5.41, 5.74) is 0.762. The van der Waals surface area contributed by atoms with E-state index in [0.717, 1.165) is 11.8 Å². The third kappa shape index (κ3) is 5.21. The van der Waals surface area contributed by atoms with Crippen LogP contribution in [0.1, 0.15) is 6.92 Å². The Bertz CT molecular complexity index is 86.1. The van der Waals surface area contributed by atoms with Gasteiger partial charge >= 0.3 is 0 Å². The highest BCUT2D eigenvalue weighted by molar-refractivity contribution is 5.08. The molecule has 0 aliphatic carbocycles. The van der Waals surface area contributed by atoms with Crippen molar-refractivity contribution in [3.63, 3.8) is 0 Å². The van der Waals surface area contributed by atoms with Crippen molar-refractivity contribution in [3.05, 3.63) is 24.5 Å². The molecule has 0 amide bonds. The molecule has 0 fully saturated rings. The van der Waals surface area contributed by atoms with E-state index >= 15 is 0 Å². The molecule has 0 unspecified atom stereocenters. The molecular weight excluding hydrogens is 95.1 g/mol. The van der Waals surface area contributed by atoms with Crippen molar-refractivity contribution in [2.75, 3.05) is 0 Å². The molecule has 0 N–H and O–H groups in total. The Morgan fingerprint density at radius 3 is 2.57 bits per heavy atom. The van der Waals surface area contributed by atoms with Crippen LogP contribution in [0.15, 0.2) is 24.5 Å². The number of rotatable bonds is 2. The summed E-state index contributed by atoms with van der Waals surface area (Å²) in [6.45, 7) is 5.20. The van der Waals surface area contributed by atoms with Gasteiger partial charge < -0.3 is 4.94 Å². The van der Waals surface area contributed by atoms with Crippen LogP contribution in [0, 0.1) is 0 Å². The van der Waals surface area contributed by atoms with Crippen LogP contribution in [0.25, 0.3) is 0 Å². The zero-order valence-electron chi connectivity index (χ0n) is 4.15. The molecular formula is C5H7FO. The Morgan fingerprint density at radius 1 is 1.86 bits per heavy atom. The number of halogens is 1. The molecule has 0 aliphatic heterocycles. The van der Waals surface area contributed by atoms with Crippen LogP contribution in [-0.2, 0) is 4.94 Å². The van der Waals surface area contributed by atoms with Crippen LogP contribution in [0.5, 0.6) is 0 Å². The van der Waals surface area contributed by atoms with Gasteiger partial charge in [-0.1, -0.05) is 12.2 Å². The summed E-state index contributed by atoms with van der Waals surface area (Å²) in [5, 5.41) is 0. The summed E-state index contributed by atoms with van der Waals surface area (Å²) in [4.78, 5) is 3.11.